The Bertz CT molecular complexity index is 524. The van der Waals surface area contributed by atoms with Crippen LogP contribution in [0, 0.1) is 5.92 Å². The standard InChI is InChI=1S/C20H32N2O/c1-4-5-8-18(21)14-16-9-10-19-17(13-16)7-6-11-22(19)20(23)12-15(2)3/h9-10,13,15,18H,4-8,11-12,14,21H2,1-3H3. The van der Waals surface area contributed by atoms with Crippen LogP contribution in [0.3, 0.4) is 0 Å². The smallest absolute Gasteiger partial charge is 0.227 e. The molecule has 0 saturated heterocycles. The molecule has 1 heterocycles. The molecule has 1 aromatic carbocycles. The second-order valence-electron chi connectivity index (χ2n) is 7.32. The first kappa shape index (κ1) is 18.0. The number of unbranched alkanes of at least 4 members (excludes halogenated alkanes) is 1. The SMILES string of the molecule is CCCCC(N)Cc1ccc2c(c1)CCCN2C(=O)CC(C)C. The Balaban J connectivity index is 2.09. The average Bonchev–Trinajstić information content (AvgIpc) is 2.51. The van der Waals surface area contributed by atoms with E-state index in [9.17, 15) is 4.79 Å². The van der Waals surface area contributed by atoms with Gasteiger partial charge in [-0.25, -0.2) is 0 Å². The van der Waals surface area contributed by atoms with Crippen molar-refractivity contribution < 1.29 is 4.79 Å². The van der Waals surface area contributed by atoms with Gasteiger partial charge in [-0.2, -0.15) is 0 Å². The van der Waals surface area contributed by atoms with Crippen molar-refractivity contribution in [3.8, 4) is 0 Å². The summed E-state index contributed by atoms with van der Waals surface area (Å²) in [4.78, 5) is 14.4. The van der Waals surface area contributed by atoms with E-state index in [0.29, 0.717) is 12.3 Å². The lowest BCUT2D eigenvalue weighted by molar-refractivity contribution is -0.119. The first-order valence-electron chi connectivity index (χ1n) is 9.19. The van der Waals surface area contributed by atoms with Crippen LogP contribution >= 0.6 is 0 Å². The maximum Gasteiger partial charge on any atom is 0.227 e. The maximum atomic E-state index is 12.5. The third-order valence-corrected chi connectivity index (χ3v) is 4.57. The lowest BCUT2D eigenvalue weighted by atomic mass is 9.95. The van der Waals surface area contributed by atoms with Gasteiger partial charge in [0.25, 0.3) is 0 Å². The summed E-state index contributed by atoms with van der Waals surface area (Å²) in [6.45, 7) is 7.26. The quantitative estimate of drug-likeness (QED) is 0.824. The van der Waals surface area contributed by atoms with Gasteiger partial charge in [-0.1, -0.05) is 45.7 Å². The molecule has 0 aromatic heterocycles. The molecule has 1 atom stereocenters. The van der Waals surface area contributed by atoms with E-state index < -0.39 is 0 Å². The van der Waals surface area contributed by atoms with Gasteiger partial charge in [0.05, 0.1) is 0 Å². The van der Waals surface area contributed by atoms with Gasteiger partial charge in [-0.3, -0.25) is 4.79 Å². The van der Waals surface area contributed by atoms with Gasteiger partial charge >= 0.3 is 0 Å². The van der Waals surface area contributed by atoms with Gasteiger partial charge in [-0.05, 0) is 48.8 Å². The van der Waals surface area contributed by atoms with Crippen molar-refractivity contribution in [2.75, 3.05) is 11.4 Å². The van der Waals surface area contributed by atoms with Crippen LogP contribution in [0.25, 0.3) is 0 Å². The summed E-state index contributed by atoms with van der Waals surface area (Å²) < 4.78 is 0. The van der Waals surface area contributed by atoms with E-state index in [2.05, 4.69) is 39.0 Å². The third kappa shape index (κ3) is 5.07. The Kier molecular flexibility index (Phi) is 6.64. The molecule has 23 heavy (non-hydrogen) atoms. The fourth-order valence-electron chi connectivity index (χ4n) is 3.37. The van der Waals surface area contributed by atoms with E-state index in [4.69, 9.17) is 5.73 Å². The number of benzene rings is 1. The molecular weight excluding hydrogens is 284 g/mol. The fraction of sp³-hybridized carbons (Fsp3) is 0.650. The Hall–Kier alpha value is -1.35. The summed E-state index contributed by atoms with van der Waals surface area (Å²) in [6.07, 6.45) is 7.18. The molecule has 1 unspecified atom stereocenters. The van der Waals surface area contributed by atoms with Gasteiger partial charge in [0, 0.05) is 24.7 Å². The predicted octanol–water partition coefficient (Wildman–Crippen LogP) is 4.07. The number of carbonyl (C=O) groups excluding carboxylic acids is 1. The minimum Gasteiger partial charge on any atom is -0.327 e. The summed E-state index contributed by atoms with van der Waals surface area (Å²) in [5.74, 6) is 0.664. The zero-order valence-corrected chi connectivity index (χ0v) is 15.0. The zero-order valence-electron chi connectivity index (χ0n) is 15.0. The molecule has 0 fully saturated rings. The number of fused-ring (bicyclic) bond motifs is 1. The molecule has 1 aliphatic heterocycles. The summed E-state index contributed by atoms with van der Waals surface area (Å²) in [5, 5.41) is 0. The number of hydrogen-bond donors (Lipinski definition) is 1. The Morgan fingerprint density at radius 1 is 1.35 bits per heavy atom. The summed E-state index contributed by atoms with van der Waals surface area (Å²) in [6, 6.07) is 6.81. The first-order chi connectivity index (χ1) is 11.0. The largest absolute Gasteiger partial charge is 0.327 e. The first-order valence-corrected chi connectivity index (χ1v) is 9.19. The van der Waals surface area contributed by atoms with Crippen LogP contribution < -0.4 is 10.6 Å². The molecule has 0 aliphatic carbocycles. The average molecular weight is 316 g/mol. The van der Waals surface area contributed by atoms with E-state index in [1.165, 1.54) is 24.0 Å². The second kappa shape index (κ2) is 8.49. The molecule has 1 aromatic rings. The zero-order chi connectivity index (χ0) is 16.8. The van der Waals surface area contributed by atoms with E-state index in [1.807, 2.05) is 4.90 Å². The molecule has 3 heteroatoms. The number of carbonyl (C=O) groups is 1. The number of amides is 1. The van der Waals surface area contributed by atoms with Crippen molar-refractivity contribution in [2.24, 2.45) is 11.7 Å². The van der Waals surface area contributed by atoms with Gasteiger partial charge in [0.15, 0.2) is 0 Å². The lowest BCUT2D eigenvalue weighted by Gasteiger charge is -2.30. The van der Waals surface area contributed by atoms with Crippen molar-refractivity contribution in [3.63, 3.8) is 0 Å². The van der Waals surface area contributed by atoms with Crippen LogP contribution in [0.4, 0.5) is 5.69 Å². The van der Waals surface area contributed by atoms with Gasteiger partial charge in [0.2, 0.25) is 5.91 Å². The van der Waals surface area contributed by atoms with Crippen molar-refractivity contribution >= 4 is 11.6 Å². The minimum atomic E-state index is 0.246. The number of nitrogens with zero attached hydrogens (tertiary/aromatic N) is 1. The number of hydrogen-bond acceptors (Lipinski definition) is 2. The summed E-state index contributed by atoms with van der Waals surface area (Å²) in [5.41, 5.74) is 9.98. The molecular formula is C20H32N2O. The predicted molar refractivity (Wildman–Crippen MR) is 97.8 cm³/mol. The Morgan fingerprint density at radius 2 is 2.13 bits per heavy atom. The summed E-state index contributed by atoms with van der Waals surface area (Å²) >= 11 is 0. The third-order valence-electron chi connectivity index (χ3n) is 4.57. The molecule has 0 radical (unpaired) electrons. The lowest BCUT2D eigenvalue weighted by Crippen LogP contribution is -2.36. The Labute approximate surface area is 141 Å². The maximum absolute atomic E-state index is 12.5. The Morgan fingerprint density at radius 3 is 2.83 bits per heavy atom. The van der Waals surface area contributed by atoms with Crippen molar-refractivity contribution in [2.45, 2.75) is 71.8 Å². The van der Waals surface area contributed by atoms with Gasteiger partial charge < -0.3 is 10.6 Å². The topological polar surface area (TPSA) is 46.3 Å². The van der Waals surface area contributed by atoms with Crippen molar-refractivity contribution in [1.29, 1.82) is 0 Å². The minimum absolute atomic E-state index is 0.246. The van der Waals surface area contributed by atoms with Crippen molar-refractivity contribution in [3.05, 3.63) is 29.3 Å². The molecule has 3 nitrogen and oxygen atoms in total. The molecule has 0 spiro atoms. The van der Waals surface area contributed by atoms with E-state index in [-0.39, 0.29) is 11.9 Å². The fourth-order valence-corrected chi connectivity index (χ4v) is 3.37. The molecule has 0 bridgehead atoms. The van der Waals surface area contributed by atoms with Crippen LogP contribution in [-0.2, 0) is 17.6 Å². The van der Waals surface area contributed by atoms with Crippen LogP contribution in [0.2, 0.25) is 0 Å². The van der Waals surface area contributed by atoms with Crippen LogP contribution in [0.1, 0.15) is 64.0 Å². The van der Waals surface area contributed by atoms with Gasteiger partial charge in [-0.15, -0.1) is 0 Å². The van der Waals surface area contributed by atoms with Crippen molar-refractivity contribution in [1.82, 2.24) is 0 Å². The second-order valence-corrected chi connectivity index (χ2v) is 7.32. The summed E-state index contributed by atoms with van der Waals surface area (Å²) in [7, 11) is 0. The number of nitrogens with two attached hydrogens (primary N) is 1. The molecule has 1 amide bonds. The highest BCUT2D eigenvalue weighted by Gasteiger charge is 2.23. The number of aryl methyl sites for hydroxylation is 1. The van der Waals surface area contributed by atoms with Gasteiger partial charge in [0.1, 0.15) is 0 Å². The molecule has 1 aliphatic rings. The van der Waals surface area contributed by atoms with Crippen LogP contribution in [0.5, 0.6) is 0 Å². The van der Waals surface area contributed by atoms with E-state index >= 15 is 0 Å². The molecule has 128 valence electrons. The molecule has 2 N–H and O–H groups in total. The van der Waals surface area contributed by atoms with Crippen LogP contribution in [0.15, 0.2) is 18.2 Å². The highest BCUT2D eigenvalue weighted by molar-refractivity contribution is 5.94. The normalized spacial score (nSPS) is 15.6. The molecule has 0 saturated carbocycles. The monoisotopic (exact) mass is 316 g/mol. The van der Waals surface area contributed by atoms with E-state index in [1.54, 1.807) is 0 Å². The highest BCUT2D eigenvalue weighted by Crippen LogP contribution is 2.29. The number of anilines is 1. The highest BCUT2D eigenvalue weighted by atomic mass is 16.2. The van der Waals surface area contributed by atoms with E-state index in [0.717, 1.165) is 37.9 Å². The number of rotatable bonds is 7. The molecule has 2 rings (SSSR count). The van der Waals surface area contributed by atoms with Crippen LogP contribution in [-0.4, -0.2) is 18.5 Å².